The molecule has 0 saturated carbocycles. The number of hydrogen-bond acceptors (Lipinski definition) is 5. The highest BCUT2D eigenvalue weighted by Gasteiger charge is 2.36. The van der Waals surface area contributed by atoms with Crippen LogP contribution in [0.2, 0.25) is 0 Å². The van der Waals surface area contributed by atoms with Crippen molar-refractivity contribution in [1.29, 1.82) is 0 Å². The van der Waals surface area contributed by atoms with Gasteiger partial charge >= 0.3 is 12.0 Å². The summed E-state index contributed by atoms with van der Waals surface area (Å²) in [5.74, 6) is 1.27. The zero-order valence-corrected chi connectivity index (χ0v) is 17.5. The van der Waals surface area contributed by atoms with E-state index in [1.54, 1.807) is 26.4 Å². The molecule has 2 aliphatic rings. The van der Waals surface area contributed by atoms with E-state index in [0.29, 0.717) is 35.2 Å². The molecular formula is C21H30N3O5+. The molecule has 8 heteroatoms. The number of nitrogens with one attached hydrogen (secondary N) is 3. The van der Waals surface area contributed by atoms with Crippen molar-refractivity contribution in [3.8, 4) is 11.5 Å². The van der Waals surface area contributed by atoms with Crippen LogP contribution in [0.4, 0.5) is 4.79 Å². The SMILES string of the molecule is COC(=O)C1=C(C[NH+]2CCC[C@@H](C)C2)NC(=O)N[C@H]1c1ccc(OC)c(OC)c1. The highest BCUT2D eigenvalue weighted by molar-refractivity contribution is 5.95. The van der Waals surface area contributed by atoms with Crippen molar-refractivity contribution in [2.24, 2.45) is 5.92 Å². The van der Waals surface area contributed by atoms with Crippen molar-refractivity contribution in [2.45, 2.75) is 25.8 Å². The van der Waals surface area contributed by atoms with Crippen LogP contribution in [-0.4, -0.2) is 53.0 Å². The molecule has 158 valence electrons. The van der Waals surface area contributed by atoms with Gasteiger partial charge in [0.25, 0.3) is 0 Å². The Labute approximate surface area is 171 Å². The summed E-state index contributed by atoms with van der Waals surface area (Å²) in [6.45, 7) is 4.85. The maximum Gasteiger partial charge on any atom is 0.338 e. The summed E-state index contributed by atoms with van der Waals surface area (Å²) in [7, 11) is 4.46. The van der Waals surface area contributed by atoms with Crippen LogP contribution in [0.15, 0.2) is 29.5 Å². The van der Waals surface area contributed by atoms with Crippen LogP contribution < -0.4 is 25.0 Å². The minimum Gasteiger partial charge on any atom is -0.493 e. The molecule has 3 atom stereocenters. The lowest BCUT2D eigenvalue weighted by Crippen LogP contribution is -3.14. The van der Waals surface area contributed by atoms with Gasteiger partial charge < -0.3 is 29.7 Å². The van der Waals surface area contributed by atoms with E-state index in [1.165, 1.54) is 18.4 Å². The fourth-order valence-electron chi connectivity index (χ4n) is 4.20. The Kier molecular flexibility index (Phi) is 6.64. The van der Waals surface area contributed by atoms with Crippen LogP contribution in [-0.2, 0) is 9.53 Å². The lowest BCUT2D eigenvalue weighted by atomic mass is 9.94. The second-order valence-electron chi connectivity index (χ2n) is 7.66. The quantitative estimate of drug-likeness (QED) is 0.611. The average molecular weight is 404 g/mol. The number of carbonyl (C=O) groups excluding carboxylic acids is 2. The van der Waals surface area contributed by atoms with Crippen molar-refractivity contribution < 1.29 is 28.7 Å². The highest BCUT2D eigenvalue weighted by Crippen LogP contribution is 2.34. The number of quaternary nitrogens is 1. The van der Waals surface area contributed by atoms with Gasteiger partial charge in [-0.25, -0.2) is 9.59 Å². The molecular weight excluding hydrogens is 374 g/mol. The van der Waals surface area contributed by atoms with Gasteiger partial charge in [0.15, 0.2) is 11.5 Å². The van der Waals surface area contributed by atoms with Crippen LogP contribution in [0.25, 0.3) is 0 Å². The van der Waals surface area contributed by atoms with Gasteiger partial charge in [0.2, 0.25) is 0 Å². The van der Waals surface area contributed by atoms with Crippen LogP contribution in [0.3, 0.4) is 0 Å². The summed E-state index contributed by atoms with van der Waals surface area (Å²) < 4.78 is 15.7. The molecule has 29 heavy (non-hydrogen) atoms. The van der Waals surface area contributed by atoms with Gasteiger partial charge in [-0.1, -0.05) is 13.0 Å². The van der Waals surface area contributed by atoms with Crippen LogP contribution in [0.1, 0.15) is 31.4 Å². The smallest absolute Gasteiger partial charge is 0.338 e. The van der Waals surface area contributed by atoms with Gasteiger partial charge in [0.1, 0.15) is 6.54 Å². The average Bonchev–Trinajstić information content (AvgIpc) is 2.72. The molecule has 1 saturated heterocycles. The van der Waals surface area contributed by atoms with Gasteiger partial charge in [0, 0.05) is 5.92 Å². The number of methoxy groups -OCH3 is 3. The zero-order chi connectivity index (χ0) is 21.0. The molecule has 0 aromatic heterocycles. The third-order valence-electron chi connectivity index (χ3n) is 5.59. The van der Waals surface area contributed by atoms with Crippen LogP contribution >= 0.6 is 0 Å². The van der Waals surface area contributed by atoms with Gasteiger partial charge in [-0.2, -0.15) is 0 Å². The monoisotopic (exact) mass is 404 g/mol. The van der Waals surface area contributed by atoms with E-state index in [2.05, 4.69) is 17.6 Å². The standard InChI is InChI=1S/C21H29N3O5/c1-13-6-5-9-24(11-13)12-15-18(20(25)29-4)19(23-21(26)22-15)14-7-8-16(27-2)17(10-14)28-3/h7-8,10,13,19H,5-6,9,11-12H2,1-4H3,(H2,22,23,26)/p+1/t13-,19+/m1/s1. The molecule has 1 fully saturated rings. The summed E-state index contributed by atoms with van der Waals surface area (Å²) in [5, 5.41) is 5.70. The van der Waals surface area contributed by atoms with Crippen molar-refractivity contribution in [1.82, 2.24) is 10.6 Å². The molecule has 0 radical (unpaired) electrons. The molecule has 0 bridgehead atoms. The first-order valence-corrected chi connectivity index (χ1v) is 9.91. The maximum atomic E-state index is 12.7. The lowest BCUT2D eigenvalue weighted by Gasteiger charge is -2.33. The van der Waals surface area contributed by atoms with E-state index >= 15 is 0 Å². The first kappa shape index (κ1) is 21.0. The number of ether oxygens (including phenoxy) is 3. The molecule has 2 amide bonds. The van der Waals surface area contributed by atoms with Gasteiger partial charge in [-0.3, -0.25) is 0 Å². The Bertz CT molecular complexity index is 808. The first-order chi connectivity index (χ1) is 14.0. The summed E-state index contributed by atoms with van der Waals surface area (Å²) in [4.78, 5) is 26.5. The van der Waals surface area contributed by atoms with Crippen molar-refractivity contribution in [3.63, 3.8) is 0 Å². The van der Waals surface area contributed by atoms with Crippen molar-refractivity contribution in [2.75, 3.05) is 41.0 Å². The topological polar surface area (TPSA) is 90.3 Å². The summed E-state index contributed by atoms with van der Waals surface area (Å²) in [6, 6.07) is 4.37. The minimum atomic E-state index is -0.632. The van der Waals surface area contributed by atoms with Gasteiger partial charge in [0.05, 0.1) is 51.7 Å². The predicted molar refractivity (Wildman–Crippen MR) is 107 cm³/mol. The Hall–Kier alpha value is -2.74. The fraction of sp³-hybridized carbons (Fsp3) is 0.524. The lowest BCUT2D eigenvalue weighted by molar-refractivity contribution is -0.904. The molecule has 1 aromatic rings. The molecule has 0 aliphatic carbocycles. The van der Waals surface area contributed by atoms with E-state index in [0.717, 1.165) is 25.1 Å². The molecule has 8 nitrogen and oxygen atoms in total. The van der Waals surface area contributed by atoms with Gasteiger partial charge in [-0.15, -0.1) is 0 Å². The Balaban J connectivity index is 2.00. The molecule has 3 N–H and O–H groups in total. The van der Waals surface area contributed by atoms with Crippen LogP contribution in [0, 0.1) is 5.92 Å². The minimum absolute atomic E-state index is 0.336. The first-order valence-electron chi connectivity index (χ1n) is 9.91. The second-order valence-corrected chi connectivity index (χ2v) is 7.66. The normalized spacial score (nSPS) is 24.4. The van der Waals surface area contributed by atoms with E-state index in [9.17, 15) is 9.59 Å². The largest absolute Gasteiger partial charge is 0.493 e. The fourth-order valence-corrected chi connectivity index (χ4v) is 4.20. The number of esters is 1. The number of urea groups is 1. The third kappa shape index (κ3) is 4.64. The number of hydrogen-bond donors (Lipinski definition) is 3. The molecule has 0 spiro atoms. The molecule has 1 aromatic carbocycles. The van der Waals surface area contributed by atoms with Gasteiger partial charge in [-0.05, 0) is 30.5 Å². The predicted octanol–water partition coefficient (Wildman–Crippen LogP) is 0.800. The van der Waals surface area contributed by atoms with E-state index < -0.39 is 12.0 Å². The van der Waals surface area contributed by atoms with E-state index in [4.69, 9.17) is 14.2 Å². The number of piperidine rings is 1. The summed E-state index contributed by atoms with van der Waals surface area (Å²) >= 11 is 0. The number of amides is 2. The maximum absolute atomic E-state index is 12.7. The number of benzene rings is 1. The second kappa shape index (κ2) is 9.17. The van der Waals surface area contributed by atoms with Crippen molar-refractivity contribution in [3.05, 3.63) is 35.0 Å². The molecule has 1 unspecified atom stereocenters. The Morgan fingerprint density at radius 2 is 1.97 bits per heavy atom. The Morgan fingerprint density at radius 3 is 2.62 bits per heavy atom. The van der Waals surface area contributed by atoms with Crippen molar-refractivity contribution >= 4 is 12.0 Å². The zero-order valence-electron chi connectivity index (χ0n) is 17.5. The van der Waals surface area contributed by atoms with Crippen LogP contribution in [0.5, 0.6) is 11.5 Å². The molecule has 2 aliphatic heterocycles. The number of carbonyl (C=O) groups is 2. The number of rotatable bonds is 6. The van der Waals surface area contributed by atoms with E-state index in [-0.39, 0.29) is 6.03 Å². The van der Waals surface area contributed by atoms with E-state index in [1.807, 2.05) is 6.07 Å². The third-order valence-corrected chi connectivity index (χ3v) is 5.59. The summed E-state index contributed by atoms with van der Waals surface area (Å²) in [6.07, 6.45) is 2.36. The Morgan fingerprint density at radius 1 is 1.21 bits per heavy atom. The molecule has 2 heterocycles. The number of likely N-dealkylation sites (tertiary alicyclic amines) is 1. The summed E-state index contributed by atoms with van der Waals surface area (Å²) in [5.41, 5.74) is 1.76. The molecule has 3 rings (SSSR count). The highest BCUT2D eigenvalue weighted by atomic mass is 16.5.